The molecule has 0 radical (unpaired) electrons. The van der Waals surface area contributed by atoms with Crippen LogP contribution in [0.5, 0.6) is 0 Å². The molecular formula is C19H20ClN3O3S. The van der Waals surface area contributed by atoms with Crippen LogP contribution in [0.25, 0.3) is 6.08 Å². The molecule has 1 aromatic carbocycles. The first-order chi connectivity index (χ1) is 13.0. The Bertz CT molecular complexity index is 844. The summed E-state index contributed by atoms with van der Waals surface area (Å²) in [5.41, 5.74) is 1.75. The van der Waals surface area contributed by atoms with Crippen LogP contribution in [-0.4, -0.2) is 54.5 Å². The molecule has 3 rings (SSSR count). The van der Waals surface area contributed by atoms with E-state index in [1.807, 2.05) is 36.6 Å². The minimum Gasteiger partial charge on any atom is -0.452 e. The quantitative estimate of drug-likeness (QED) is 0.565. The number of carbonyl (C=O) groups excluding carboxylic acids is 2. The number of rotatable bonds is 5. The number of piperazine rings is 1. The number of anilines is 1. The number of amides is 1. The lowest BCUT2D eigenvalue weighted by molar-refractivity contribution is -0.148. The number of benzene rings is 1. The minimum absolute atomic E-state index is 0.188. The zero-order valence-electron chi connectivity index (χ0n) is 14.9. The zero-order valence-corrected chi connectivity index (χ0v) is 16.5. The molecule has 142 valence electrons. The fraction of sp³-hybridized carbons (Fsp3) is 0.316. The summed E-state index contributed by atoms with van der Waals surface area (Å²) in [7, 11) is 0. The van der Waals surface area contributed by atoms with Gasteiger partial charge in [0, 0.05) is 48.3 Å². The average Bonchev–Trinajstić information content (AvgIpc) is 3.10. The molecule has 1 amide bonds. The van der Waals surface area contributed by atoms with Crippen molar-refractivity contribution in [1.82, 2.24) is 9.88 Å². The molecule has 2 aromatic rings. The second kappa shape index (κ2) is 9.01. The lowest BCUT2D eigenvalue weighted by Gasteiger charge is -2.36. The summed E-state index contributed by atoms with van der Waals surface area (Å²) in [6.45, 7) is 4.22. The number of nitrogens with zero attached hydrogens (tertiary/aromatic N) is 3. The molecule has 1 aliphatic rings. The van der Waals surface area contributed by atoms with E-state index in [1.165, 1.54) is 17.4 Å². The number of halogens is 1. The number of ether oxygens (including phenoxy) is 1. The van der Waals surface area contributed by atoms with Gasteiger partial charge in [0.1, 0.15) is 0 Å². The van der Waals surface area contributed by atoms with Crippen LogP contribution in [0, 0.1) is 6.92 Å². The van der Waals surface area contributed by atoms with E-state index in [2.05, 4.69) is 9.88 Å². The molecule has 0 atom stereocenters. The molecule has 0 saturated carbocycles. The smallest absolute Gasteiger partial charge is 0.331 e. The van der Waals surface area contributed by atoms with Crippen LogP contribution in [-0.2, 0) is 14.3 Å². The van der Waals surface area contributed by atoms with Crippen LogP contribution in [0.4, 0.5) is 5.69 Å². The maximum absolute atomic E-state index is 12.3. The van der Waals surface area contributed by atoms with Gasteiger partial charge in [0.2, 0.25) is 0 Å². The van der Waals surface area contributed by atoms with Crippen molar-refractivity contribution in [2.24, 2.45) is 0 Å². The molecule has 0 bridgehead atoms. The lowest BCUT2D eigenvalue weighted by atomic mass is 10.2. The Morgan fingerprint density at radius 1 is 1.30 bits per heavy atom. The molecule has 1 fully saturated rings. The van der Waals surface area contributed by atoms with E-state index in [0.717, 1.165) is 10.7 Å². The monoisotopic (exact) mass is 405 g/mol. The highest BCUT2D eigenvalue weighted by molar-refractivity contribution is 7.09. The molecule has 6 nitrogen and oxygen atoms in total. The van der Waals surface area contributed by atoms with Gasteiger partial charge < -0.3 is 14.5 Å². The van der Waals surface area contributed by atoms with Crippen LogP contribution in [0.1, 0.15) is 10.7 Å². The SMILES string of the molecule is Cc1nc(/C=C/C(=O)OCC(=O)N2CCN(c3cccc(Cl)c3)CC2)cs1. The number of aromatic nitrogens is 1. The summed E-state index contributed by atoms with van der Waals surface area (Å²) in [6, 6.07) is 7.66. The standard InChI is InChI=1S/C19H20ClN3O3S/c1-14-21-16(13-27-14)5-6-19(25)26-12-18(24)23-9-7-22(8-10-23)17-4-2-3-15(20)11-17/h2-6,11,13H,7-10,12H2,1H3/b6-5+. The minimum atomic E-state index is -0.549. The van der Waals surface area contributed by atoms with Crippen LogP contribution in [0.15, 0.2) is 35.7 Å². The highest BCUT2D eigenvalue weighted by Crippen LogP contribution is 2.20. The summed E-state index contributed by atoms with van der Waals surface area (Å²) < 4.78 is 5.04. The number of aryl methyl sites for hydroxylation is 1. The highest BCUT2D eigenvalue weighted by atomic mass is 35.5. The van der Waals surface area contributed by atoms with Crippen molar-refractivity contribution < 1.29 is 14.3 Å². The van der Waals surface area contributed by atoms with Crippen molar-refractivity contribution in [1.29, 1.82) is 0 Å². The van der Waals surface area contributed by atoms with Crippen molar-refractivity contribution in [3.63, 3.8) is 0 Å². The fourth-order valence-corrected chi connectivity index (χ4v) is 3.53. The molecule has 8 heteroatoms. The summed E-state index contributed by atoms with van der Waals surface area (Å²) >= 11 is 7.54. The van der Waals surface area contributed by atoms with Crippen molar-refractivity contribution in [3.8, 4) is 0 Å². The molecule has 1 saturated heterocycles. The maximum Gasteiger partial charge on any atom is 0.331 e. The molecular weight excluding hydrogens is 386 g/mol. The van der Waals surface area contributed by atoms with Gasteiger partial charge in [0.05, 0.1) is 10.7 Å². The van der Waals surface area contributed by atoms with E-state index in [-0.39, 0.29) is 12.5 Å². The van der Waals surface area contributed by atoms with Gasteiger partial charge in [-0.15, -0.1) is 11.3 Å². The second-order valence-electron chi connectivity index (χ2n) is 6.08. The van der Waals surface area contributed by atoms with E-state index >= 15 is 0 Å². The van der Waals surface area contributed by atoms with Gasteiger partial charge in [-0.2, -0.15) is 0 Å². The summed E-state index contributed by atoms with van der Waals surface area (Å²) in [5, 5.41) is 3.47. The molecule has 0 aliphatic carbocycles. The van der Waals surface area contributed by atoms with Gasteiger partial charge in [-0.05, 0) is 31.2 Å². The van der Waals surface area contributed by atoms with Gasteiger partial charge in [-0.25, -0.2) is 9.78 Å². The number of esters is 1. The van der Waals surface area contributed by atoms with Gasteiger partial charge in [0.15, 0.2) is 6.61 Å². The van der Waals surface area contributed by atoms with E-state index in [9.17, 15) is 9.59 Å². The number of carbonyl (C=O) groups is 2. The Hall–Kier alpha value is -2.38. The molecule has 0 unspecified atom stereocenters. The largest absolute Gasteiger partial charge is 0.452 e. The van der Waals surface area contributed by atoms with Crippen LogP contribution < -0.4 is 4.90 Å². The van der Waals surface area contributed by atoms with Gasteiger partial charge >= 0.3 is 5.97 Å². The van der Waals surface area contributed by atoms with E-state index < -0.39 is 5.97 Å². The first kappa shape index (κ1) is 19.4. The third kappa shape index (κ3) is 5.55. The maximum atomic E-state index is 12.3. The Morgan fingerprint density at radius 3 is 2.74 bits per heavy atom. The second-order valence-corrected chi connectivity index (χ2v) is 7.58. The topological polar surface area (TPSA) is 62.7 Å². The van der Waals surface area contributed by atoms with Gasteiger partial charge in [0.25, 0.3) is 5.91 Å². The Kier molecular flexibility index (Phi) is 6.47. The van der Waals surface area contributed by atoms with Crippen molar-refractivity contribution in [2.45, 2.75) is 6.92 Å². The Morgan fingerprint density at radius 2 is 2.07 bits per heavy atom. The van der Waals surface area contributed by atoms with E-state index in [4.69, 9.17) is 16.3 Å². The predicted octanol–water partition coefficient (Wildman–Crippen LogP) is 3.01. The van der Waals surface area contributed by atoms with Gasteiger partial charge in [-0.1, -0.05) is 17.7 Å². The van der Waals surface area contributed by atoms with Crippen molar-refractivity contribution >= 4 is 46.6 Å². The molecule has 1 aromatic heterocycles. The molecule has 2 heterocycles. The molecule has 27 heavy (non-hydrogen) atoms. The first-order valence-corrected chi connectivity index (χ1v) is 9.82. The van der Waals surface area contributed by atoms with Crippen LogP contribution in [0.2, 0.25) is 5.02 Å². The first-order valence-electron chi connectivity index (χ1n) is 8.56. The molecule has 0 N–H and O–H groups in total. The molecule has 1 aliphatic heterocycles. The van der Waals surface area contributed by atoms with Crippen LogP contribution >= 0.6 is 22.9 Å². The number of hydrogen-bond acceptors (Lipinski definition) is 6. The van der Waals surface area contributed by atoms with E-state index in [1.54, 1.807) is 11.0 Å². The summed E-state index contributed by atoms with van der Waals surface area (Å²) in [4.78, 5) is 32.1. The van der Waals surface area contributed by atoms with E-state index in [0.29, 0.717) is 36.9 Å². The third-order valence-electron chi connectivity index (χ3n) is 4.17. The summed E-state index contributed by atoms with van der Waals surface area (Å²) in [6.07, 6.45) is 2.87. The average molecular weight is 406 g/mol. The van der Waals surface area contributed by atoms with Crippen LogP contribution in [0.3, 0.4) is 0 Å². The summed E-state index contributed by atoms with van der Waals surface area (Å²) in [5.74, 6) is -0.737. The highest BCUT2D eigenvalue weighted by Gasteiger charge is 2.22. The fourth-order valence-electron chi connectivity index (χ4n) is 2.77. The normalized spacial score (nSPS) is 14.6. The van der Waals surface area contributed by atoms with Crippen molar-refractivity contribution in [2.75, 3.05) is 37.7 Å². The molecule has 0 spiro atoms. The van der Waals surface area contributed by atoms with Crippen molar-refractivity contribution in [3.05, 3.63) is 51.4 Å². The predicted molar refractivity (Wildman–Crippen MR) is 107 cm³/mol. The van der Waals surface area contributed by atoms with Gasteiger partial charge in [-0.3, -0.25) is 4.79 Å². The number of hydrogen-bond donors (Lipinski definition) is 0. The zero-order chi connectivity index (χ0) is 19.2. The third-order valence-corrected chi connectivity index (χ3v) is 5.20. The Labute approximate surface area is 167 Å². The number of thiazole rings is 1. The lowest BCUT2D eigenvalue weighted by Crippen LogP contribution is -2.49. The Balaban J connectivity index is 1.43.